The number of aliphatic carboxylic acids is 1. The van der Waals surface area contributed by atoms with E-state index < -0.39 is 5.97 Å². The lowest BCUT2D eigenvalue weighted by Gasteiger charge is -2.30. The second-order valence-electron chi connectivity index (χ2n) is 5.00. The molecule has 0 aliphatic rings. The fraction of sp³-hybridized carbons (Fsp3) is 0.312. The smallest absolute Gasteiger partial charge is 0.323 e. The van der Waals surface area contributed by atoms with Gasteiger partial charge in [0, 0.05) is 10.6 Å². The van der Waals surface area contributed by atoms with E-state index in [-0.39, 0.29) is 12.6 Å². The van der Waals surface area contributed by atoms with Crippen LogP contribution in [0.5, 0.6) is 0 Å². The Morgan fingerprint density at radius 1 is 1.25 bits per heavy atom. The maximum atomic E-state index is 11.2. The van der Waals surface area contributed by atoms with E-state index in [0.717, 1.165) is 5.69 Å². The van der Waals surface area contributed by atoms with E-state index in [9.17, 15) is 9.90 Å². The molecule has 20 heavy (non-hydrogen) atoms. The molecule has 0 aliphatic heterocycles. The number of nitrogens with zero attached hydrogens (tertiary/aromatic N) is 1. The first-order valence-corrected chi connectivity index (χ1v) is 7.46. The Bertz CT molecular complexity index is 589. The molecule has 2 rings (SSSR count). The average molecular weight is 289 g/mol. The minimum absolute atomic E-state index is 0.00156. The lowest BCUT2D eigenvalue weighted by atomic mass is 10.1. The Kier molecular flexibility index (Phi) is 4.45. The SMILES string of the molecule is Cc1ccc(N(CC(=O)O)C(C)c2sccc2C)cc1. The molecule has 1 aromatic heterocycles. The van der Waals surface area contributed by atoms with Crippen molar-refractivity contribution in [3.63, 3.8) is 0 Å². The molecule has 0 saturated heterocycles. The van der Waals surface area contributed by atoms with Crippen molar-refractivity contribution in [2.24, 2.45) is 0 Å². The summed E-state index contributed by atoms with van der Waals surface area (Å²) in [5.41, 5.74) is 3.33. The van der Waals surface area contributed by atoms with Gasteiger partial charge in [-0.2, -0.15) is 0 Å². The van der Waals surface area contributed by atoms with Crippen LogP contribution in [-0.4, -0.2) is 17.6 Å². The van der Waals surface area contributed by atoms with E-state index in [0.29, 0.717) is 0 Å². The van der Waals surface area contributed by atoms with E-state index in [1.54, 1.807) is 11.3 Å². The summed E-state index contributed by atoms with van der Waals surface area (Å²) in [5.74, 6) is -0.813. The van der Waals surface area contributed by atoms with Gasteiger partial charge in [-0.15, -0.1) is 11.3 Å². The predicted octanol–water partition coefficient (Wildman–Crippen LogP) is 4.02. The zero-order chi connectivity index (χ0) is 14.7. The summed E-state index contributed by atoms with van der Waals surface area (Å²) in [4.78, 5) is 14.3. The standard InChI is InChI=1S/C16H19NO2S/c1-11-4-6-14(7-5-11)17(10-15(18)19)13(3)16-12(2)8-9-20-16/h4-9,13H,10H2,1-3H3,(H,18,19). The fourth-order valence-electron chi connectivity index (χ4n) is 2.29. The molecule has 1 N–H and O–H groups in total. The van der Waals surface area contributed by atoms with Gasteiger partial charge in [-0.3, -0.25) is 4.79 Å². The Balaban J connectivity index is 2.34. The molecule has 0 fully saturated rings. The lowest BCUT2D eigenvalue weighted by molar-refractivity contribution is -0.135. The molecule has 2 aromatic rings. The van der Waals surface area contributed by atoms with Gasteiger partial charge >= 0.3 is 5.97 Å². The van der Waals surface area contributed by atoms with Gasteiger partial charge in [0.15, 0.2) is 0 Å². The normalized spacial score (nSPS) is 12.2. The fourth-order valence-corrected chi connectivity index (χ4v) is 3.28. The van der Waals surface area contributed by atoms with E-state index >= 15 is 0 Å². The van der Waals surface area contributed by atoms with Gasteiger partial charge in [0.25, 0.3) is 0 Å². The zero-order valence-electron chi connectivity index (χ0n) is 12.0. The Morgan fingerprint density at radius 2 is 1.90 bits per heavy atom. The Labute approximate surface area is 123 Å². The van der Waals surface area contributed by atoms with Crippen molar-refractivity contribution in [3.05, 3.63) is 51.7 Å². The monoisotopic (exact) mass is 289 g/mol. The second kappa shape index (κ2) is 6.09. The molecular formula is C16H19NO2S. The van der Waals surface area contributed by atoms with Gasteiger partial charge < -0.3 is 10.0 Å². The highest BCUT2D eigenvalue weighted by Crippen LogP contribution is 2.32. The highest BCUT2D eigenvalue weighted by molar-refractivity contribution is 7.10. The van der Waals surface area contributed by atoms with Crippen LogP contribution >= 0.6 is 11.3 Å². The third-order valence-electron chi connectivity index (χ3n) is 3.42. The van der Waals surface area contributed by atoms with Gasteiger partial charge in [0.1, 0.15) is 6.54 Å². The van der Waals surface area contributed by atoms with Crippen LogP contribution in [0.4, 0.5) is 5.69 Å². The molecule has 0 radical (unpaired) electrons. The minimum atomic E-state index is -0.813. The first-order chi connectivity index (χ1) is 9.49. The topological polar surface area (TPSA) is 40.5 Å². The molecule has 0 saturated carbocycles. The molecule has 1 aromatic carbocycles. The zero-order valence-corrected chi connectivity index (χ0v) is 12.8. The van der Waals surface area contributed by atoms with Crippen LogP contribution in [-0.2, 0) is 4.79 Å². The summed E-state index contributed by atoms with van der Waals surface area (Å²) < 4.78 is 0. The Morgan fingerprint density at radius 3 is 2.40 bits per heavy atom. The quantitative estimate of drug-likeness (QED) is 0.904. The molecular weight excluding hydrogens is 270 g/mol. The van der Waals surface area contributed by atoms with Crippen molar-refractivity contribution in [2.45, 2.75) is 26.8 Å². The molecule has 1 atom stereocenters. The van der Waals surface area contributed by atoms with Crippen molar-refractivity contribution in [2.75, 3.05) is 11.4 Å². The summed E-state index contributed by atoms with van der Waals surface area (Å²) >= 11 is 1.68. The predicted molar refractivity (Wildman–Crippen MR) is 83.6 cm³/mol. The summed E-state index contributed by atoms with van der Waals surface area (Å²) in [6, 6.07) is 10.1. The van der Waals surface area contributed by atoms with Crippen molar-refractivity contribution >= 4 is 23.0 Å². The average Bonchev–Trinajstić information content (AvgIpc) is 2.82. The van der Waals surface area contributed by atoms with Gasteiger partial charge in [0.2, 0.25) is 0 Å². The van der Waals surface area contributed by atoms with E-state index in [1.807, 2.05) is 36.1 Å². The largest absolute Gasteiger partial charge is 0.480 e. The molecule has 106 valence electrons. The van der Waals surface area contributed by atoms with Crippen LogP contribution in [0.15, 0.2) is 35.7 Å². The van der Waals surface area contributed by atoms with E-state index in [2.05, 4.69) is 25.3 Å². The van der Waals surface area contributed by atoms with Crippen LogP contribution in [0.25, 0.3) is 0 Å². The molecule has 0 spiro atoms. The number of hydrogen-bond donors (Lipinski definition) is 1. The van der Waals surface area contributed by atoms with Crippen molar-refractivity contribution in [1.29, 1.82) is 0 Å². The maximum absolute atomic E-state index is 11.2. The number of rotatable bonds is 5. The van der Waals surface area contributed by atoms with Crippen LogP contribution in [0.3, 0.4) is 0 Å². The van der Waals surface area contributed by atoms with Crippen LogP contribution in [0, 0.1) is 13.8 Å². The molecule has 0 bridgehead atoms. The lowest BCUT2D eigenvalue weighted by Crippen LogP contribution is -2.32. The molecule has 3 nitrogen and oxygen atoms in total. The molecule has 0 amide bonds. The number of hydrogen-bond acceptors (Lipinski definition) is 3. The number of anilines is 1. The van der Waals surface area contributed by atoms with E-state index in [4.69, 9.17) is 0 Å². The van der Waals surface area contributed by atoms with Crippen molar-refractivity contribution in [3.8, 4) is 0 Å². The summed E-state index contributed by atoms with van der Waals surface area (Å²) in [7, 11) is 0. The third kappa shape index (κ3) is 3.20. The van der Waals surface area contributed by atoms with Gasteiger partial charge in [0.05, 0.1) is 6.04 Å². The number of carboxylic acids is 1. The third-order valence-corrected chi connectivity index (χ3v) is 4.61. The molecule has 0 aliphatic carbocycles. The number of aryl methyl sites for hydroxylation is 2. The molecule has 1 heterocycles. The first-order valence-electron chi connectivity index (χ1n) is 6.58. The van der Waals surface area contributed by atoms with Gasteiger partial charge in [-0.25, -0.2) is 0 Å². The Hall–Kier alpha value is -1.81. The molecule has 4 heteroatoms. The second-order valence-corrected chi connectivity index (χ2v) is 5.95. The van der Waals surface area contributed by atoms with Gasteiger partial charge in [-0.1, -0.05) is 17.7 Å². The number of thiophene rings is 1. The van der Waals surface area contributed by atoms with Crippen LogP contribution in [0.1, 0.15) is 29.0 Å². The highest BCUT2D eigenvalue weighted by atomic mass is 32.1. The first kappa shape index (κ1) is 14.6. The maximum Gasteiger partial charge on any atom is 0.323 e. The summed E-state index contributed by atoms with van der Waals surface area (Å²) in [5, 5.41) is 11.2. The highest BCUT2D eigenvalue weighted by Gasteiger charge is 2.21. The number of benzene rings is 1. The summed E-state index contributed by atoms with van der Waals surface area (Å²) in [6.07, 6.45) is 0. The van der Waals surface area contributed by atoms with Crippen LogP contribution in [0.2, 0.25) is 0 Å². The van der Waals surface area contributed by atoms with Gasteiger partial charge in [-0.05, 0) is 49.9 Å². The number of carbonyl (C=O) groups is 1. The van der Waals surface area contributed by atoms with Crippen molar-refractivity contribution in [1.82, 2.24) is 0 Å². The van der Waals surface area contributed by atoms with Crippen molar-refractivity contribution < 1.29 is 9.90 Å². The molecule has 1 unspecified atom stereocenters. The number of carboxylic acid groups (broad SMARTS) is 1. The summed E-state index contributed by atoms with van der Waals surface area (Å²) in [6.45, 7) is 6.15. The van der Waals surface area contributed by atoms with Crippen LogP contribution < -0.4 is 4.90 Å². The minimum Gasteiger partial charge on any atom is -0.480 e. The van der Waals surface area contributed by atoms with E-state index in [1.165, 1.54) is 16.0 Å².